The van der Waals surface area contributed by atoms with Gasteiger partial charge in [-0.2, -0.15) is 5.10 Å². The lowest BCUT2D eigenvalue weighted by atomic mass is 10.1. The van der Waals surface area contributed by atoms with Crippen LogP contribution >= 0.6 is 0 Å². The molecule has 0 unspecified atom stereocenters. The van der Waals surface area contributed by atoms with Gasteiger partial charge < -0.3 is 14.8 Å². The lowest BCUT2D eigenvalue weighted by Gasteiger charge is -2.27. The van der Waals surface area contributed by atoms with E-state index in [0.29, 0.717) is 25.3 Å². The van der Waals surface area contributed by atoms with E-state index in [0.717, 1.165) is 35.1 Å². The molecule has 1 N–H and O–H groups in total. The Hall–Kier alpha value is -3.13. The molecule has 0 spiro atoms. The van der Waals surface area contributed by atoms with Gasteiger partial charge in [0.2, 0.25) is 11.8 Å². The molecule has 5 rings (SSSR count). The maximum absolute atomic E-state index is 12.7. The Balaban J connectivity index is 1.26. The average molecular weight is 449 g/mol. The highest BCUT2D eigenvalue weighted by molar-refractivity contribution is 6.00. The molecule has 4 heterocycles. The molecule has 8 nitrogen and oxygen atoms in total. The Morgan fingerprint density at radius 2 is 1.94 bits per heavy atom. The summed E-state index contributed by atoms with van der Waals surface area (Å²) in [4.78, 5) is 29.4. The van der Waals surface area contributed by atoms with Gasteiger partial charge in [-0.1, -0.05) is 24.6 Å². The zero-order valence-corrected chi connectivity index (χ0v) is 19.3. The molecule has 1 saturated heterocycles. The molecule has 0 aliphatic carbocycles. The Labute approximate surface area is 194 Å². The number of rotatable bonds is 7. The van der Waals surface area contributed by atoms with Gasteiger partial charge >= 0.3 is 0 Å². The summed E-state index contributed by atoms with van der Waals surface area (Å²) in [6, 6.07) is 10.1. The monoisotopic (exact) mass is 448 g/mol. The molecule has 2 aliphatic heterocycles. The number of nitrogens with zero attached hydrogens (tertiary/aromatic N) is 5. The first-order valence-electron chi connectivity index (χ1n) is 12.0. The number of nitrogens with one attached hydrogen (secondary N) is 1. The topological polar surface area (TPSA) is 75.4 Å². The SMILES string of the molecule is Cn1cc(-c2cc3n(n2)CCC(=O)N3CC(=O)NCCCN2CCCCC2)c2ccccc21. The second-order valence-electron chi connectivity index (χ2n) is 9.12. The van der Waals surface area contributed by atoms with Crippen LogP contribution in [0.5, 0.6) is 0 Å². The lowest BCUT2D eigenvalue weighted by Crippen LogP contribution is -2.44. The number of fused-ring (bicyclic) bond motifs is 2. The highest BCUT2D eigenvalue weighted by atomic mass is 16.2. The molecule has 0 bridgehead atoms. The smallest absolute Gasteiger partial charge is 0.240 e. The predicted molar refractivity (Wildman–Crippen MR) is 129 cm³/mol. The predicted octanol–water partition coefficient (Wildman–Crippen LogP) is 2.77. The van der Waals surface area contributed by atoms with E-state index in [9.17, 15) is 9.59 Å². The molecule has 2 aliphatic rings. The number of aryl methyl sites for hydroxylation is 2. The first-order chi connectivity index (χ1) is 16.1. The minimum atomic E-state index is -0.122. The molecule has 3 aromatic rings. The van der Waals surface area contributed by atoms with Crippen LogP contribution in [0.2, 0.25) is 0 Å². The van der Waals surface area contributed by atoms with Crippen LogP contribution in [0, 0.1) is 0 Å². The summed E-state index contributed by atoms with van der Waals surface area (Å²) in [5, 5.41) is 8.90. The summed E-state index contributed by atoms with van der Waals surface area (Å²) in [5.74, 6) is 0.538. The number of para-hydroxylation sites is 1. The summed E-state index contributed by atoms with van der Waals surface area (Å²) < 4.78 is 3.94. The molecule has 1 fully saturated rings. The number of aromatic nitrogens is 3. The molecule has 0 saturated carbocycles. The second kappa shape index (κ2) is 9.39. The largest absolute Gasteiger partial charge is 0.354 e. The maximum Gasteiger partial charge on any atom is 0.240 e. The van der Waals surface area contributed by atoms with Gasteiger partial charge in [0.1, 0.15) is 12.4 Å². The molecule has 0 radical (unpaired) electrons. The van der Waals surface area contributed by atoms with Crippen molar-refractivity contribution in [3.8, 4) is 11.3 Å². The minimum Gasteiger partial charge on any atom is -0.354 e. The minimum absolute atomic E-state index is 0.0310. The first kappa shape index (κ1) is 21.7. The molecular formula is C25H32N6O2. The summed E-state index contributed by atoms with van der Waals surface area (Å²) in [5.41, 5.74) is 2.99. The van der Waals surface area contributed by atoms with Crippen molar-refractivity contribution in [2.75, 3.05) is 37.6 Å². The van der Waals surface area contributed by atoms with Crippen LogP contribution in [-0.2, 0) is 23.2 Å². The third-order valence-electron chi connectivity index (χ3n) is 6.77. The number of amides is 2. The second-order valence-corrected chi connectivity index (χ2v) is 9.12. The number of likely N-dealkylation sites (tertiary alicyclic amines) is 1. The average Bonchev–Trinajstić information content (AvgIpc) is 3.41. The van der Waals surface area contributed by atoms with Gasteiger partial charge in [0, 0.05) is 48.7 Å². The zero-order chi connectivity index (χ0) is 22.8. The van der Waals surface area contributed by atoms with Crippen molar-refractivity contribution in [1.29, 1.82) is 0 Å². The summed E-state index contributed by atoms with van der Waals surface area (Å²) in [6.07, 6.45) is 7.24. The molecule has 1 aromatic carbocycles. The fourth-order valence-corrected chi connectivity index (χ4v) is 5.01. The van der Waals surface area contributed by atoms with Crippen LogP contribution in [0.15, 0.2) is 36.5 Å². The lowest BCUT2D eigenvalue weighted by molar-refractivity contribution is -0.124. The van der Waals surface area contributed by atoms with Crippen LogP contribution < -0.4 is 10.2 Å². The van der Waals surface area contributed by atoms with E-state index in [1.165, 1.54) is 32.4 Å². The van der Waals surface area contributed by atoms with Crippen molar-refractivity contribution >= 4 is 28.5 Å². The van der Waals surface area contributed by atoms with E-state index in [1.54, 1.807) is 4.90 Å². The van der Waals surface area contributed by atoms with E-state index >= 15 is 0 Å². The molecule has 2 aromatic heterocycles. The van der Waals surface area contributed by atoms with Crippen molar-refractivity contribution in [3.05, 3.63) is 36.5 Å². The van der Waals surface area contributed by atoms with Crippen LogP contribution in [-0.4, -0.2) is 63.8 Å². The van der Waals surface area contributed by atoms with E-state index in [1.807, 2.05) is 29.9 Å². The summed E-state index contributed by atoms with van der Waals surface area (Å²) >= 11 is 0. The van der Waals surface area contributed by atoms with E-state index in [2.05, 4.69) is 33.1 Å². The van der Waals surface area contributed by atoms with Crippen LogP contribution in [0.25, 0.3) is 22.2 Å². The standard InChI is InChI=1S/C25H32N6O2/c1-28-17-20(19-8-3-4-9-22(19)28)21-16-24-30(25(33)10-15-31(24)27-21)18-23(32)26-11-7-14-29-12-5-2-6-13-29/h3-4,8-9,16-17H,2,5-7,10-15,18H2,1H3,(H,26,32). The Bertz CT molecular complexity index is 1160. The first-order valence-corrected chi connectivity index (χ1v) is 12.0. The number of anilines is 1. The maximum atomic E-state index is 12.7. The quantitative estimate of drug-likeness (QED) is 0.564. The van der Waals surface area contributed by atoms with Crippen molar-refractivity contribution in [2.24, 2.45) is 7.05 Å². The van der Waals surface area contributed by atoms with Crippen molar-refractivity contribution in [2.45, 2.75) is 38.6 Å². The number of hydrogen-bond acceptors (Lipinski definition) is 4. The fourth-order valence-electron chi connectivity index (χ4n) is 5.01. The third kappa shape index (κ3) is 4.53. The van der Waals surface area contributed by atoms with Gasteiger partial charge in [-0.05, 0) is 45.0 Å². The molecule has 0 atom stereocenters. The number of carbonyl (C=O) groups is 2. The molecular weight excluding hydrogens is 416 g/mol. The van der Waals surface area contributed by atoms with E-state index in [4.69, 9.17) is 5.10 Å². The number of benzene rings is 1. The van der Waals surface area contributed by atoms with Gasteiger partial charge in [-0.15, -0.1) is 0 Å². The van der Waals surface area contributed by atoms with Crippen molar-refractivity contribution < 1.29 is 9.59 Å². The molecule has 8 heteroatoms. The molecule has 33 heavy (non-hydrogen) atoms. The molecule has 2 amide bonds. The van der Waals surface area contributed by atoms with Crippen molar-refractivity contribution in [3.63, 3.8) is 0 Å². The van der Waals surface area contributed by atoms with E-state index in [-0.39, 0.29) is 18.4 Å². The van der Waals surface area contributed by atoms with Crippen molar-refractivity contribution in [1.82, 2.24) is 24.6 Å². The van der Waals surface area contributed by atoms with Crippen LogP contribution in [0.1, 0.15) is 32.1 Å². The third-order valence-corrected chi connectivity index (χ3v) is 6.77. The highest BCUT2D eigenvalue weighted by Gasteiger charge is 2.28. The molecule has 174 valence electrons. The Kier molecular flexibility index (Phi) is 6.17. The van der Waals surface area contributed by atoms with Gasteiger partial charge in [0.05, 0.1) is 12.2 Å². The number of piperidine rings is 1. The fraction of sp³-hybridized carbons (Fsp3) is 0.480. The zero-order valence-electron chi connectivity index (χ0n) is 19.3. The van der Waals surface area contributed by atoms with Crippen LogP contribution in [0.4, 0.5) is 5.82 Å². The highest BCUT2D eigenvalue weighted by Crippen LogP contribution is 2.33. The van der Waals surface area contributed by atoms with Gasteiger partial charge in [-0.25, -0.2) is 4.68 Å². The Morgan fingerprint density at radius 1 is 1.12 bits per heavy atom. The summed E-state index contributed by atoms with van der Waals surface area (Å²) in [6.45, 7) is 4.55. The Morgan fingerprint density at radius 3 is 2.79 bits per heavy atom. The van der Waals surface area contributed by atoms with E-state index < -0.39 is 0 Å². The number of hydrogen-bond donors (Lipinski definition) is 1. The summed E-state index contributed by atoms with van der Waals surface area (Å²) in [7, 11) is 2.02. The van der Waals surface area contributed by atoms with Crippen LogP contribution in [0.3, 0.4) is 0 Å². The normalized spacial score (nSPS) is 16.9. The van der Waals surface area contributed by atoms with Gasteiger partial charge in [0.25, 0.3) is 0 Å². The number of carbonyl (C=O) groups excluding carboxylic acids is 2. The van der Waals surface area contributed by atoms with Gasteiger partial charge in [0.15, 0.2) is 0 Å². The van der Waals surface area contributed by atoms with Gasteiger partial charge in [-0.3, -0.25) is 14.5 Å².